The van der Waals surface area contributed by atoms with Crippen molar-refractivity contribution in [3.63, 3.8) is 0 Å². The molecule has 4 heteroatoms. The molecule has 2 aromatic carbocycles. The van der Waals surface area contributed by atoms with Crippen LogP contribution in [-0.2, 0) is 11.2 Å². The van der Waals surface area contributed by atoms with Crippen LogP contribution in [0.1, 0.15) is 24.1 Å². The summed E-state index contributed by atoms with van der Waals surface area (Å²) in [4.78, 5) is 0. The van der Waals surface area contributed by atoms with Crippen LogP contribution in [0, 0.1) is 5.82 Å². The van der Waals surface area contributed by atoms with Crippen LogP contribution in [0.15, 0.2) is 42.5 Å². The van der Waals surface area contributed by atoms with Gasteiger partial charge < -0.3 is 15.2 Å². The van der Waals surface area contributed by atoms with Crippen LogP contribution in [0.2, 0.25) is 0 Å². The van der Waals surface area contributed by atoms with Crippen molar-refractivity contribution in [2.24, 2.45) is 5.73 Å². The molecule has 3 nitrogen and oxygen atoms in total. The summed E-state index contributed by atoms with van der Waals surface area (Å²) < 4.78 is 24.7. The third-order valence-electron chi connectivity index (χ3n) is 3.23. The summed E-state index contributed by atoms with van der Waals surface area (Å²) in [5, 5.41) is 0. The first-order chi connectivity index (χ1) is 10.1. The van der Waals surface area contributed by atoms with Crippen LogP contribution in [-0.4, -0.2) is 13.7 Å². The predicted octanol–water partition coefficient (Wildman–Crippen LogP) is 3.83. The maximum atomic E-state index is 13.9. The first-order valence-corrected chi connectivity index (χ1v) is 6.91. The Hall–Kier alpha value is -1.91. The zero-order valence-electron chi connectivity index (χ0n) is 12.3. The van der Waals surface area contributed by atoms with E-state index in [1.807, 2.05) is 24.3 Å². The molecule has 112 valence electrons. The largest absolute Gasteiger partial charge is 0.454 e. The number of benzene rings is 2. The molecule has 0 aliphatic rings. The molecule has 21 heavy (non-hydrogen) atoms. The Kier molecular flexibility index (Phi) is 5.31. The van der Waals surface area contributed by atoms with Crippen molar-refractivity contribution in [1.82, 2.24) is 0 Å². The van der Waals surface area contributed by atoms with Crippen LogP contribution >= 0.6 is 0 Å². The highest BCUT2D eigenvalue weighted by atomic mass is 19.1. The minimum absolute atomic E-state index is 0.192. The van der Waals surface area contributed by atoms with Gasteiger partial charge in [0.05, 0.1) is 6.61 Å². The van der Waals surface area contributed by atoms with Gasteiger partial charge in [0.1, 0.15) is 5.75 Å². The van der Waals surface area contributed by atoms with Crippen LogP contribution < -0.4 is 10.5 Å². The van der Waals surface area contributed by atoms with Crippen molar-refractivity contribution >= 4 is 0 Å². The van der Waals surface area contributed by atoms with Crippen LogP contribution in [0.25, 0.3) is 0 Å². The summed E-state index contributed by atoms with van der Waals surface area (Å²) in [5.74, 6) is 0.369. The SMILES string of the molecule is COCCc1ccc(Oc2c(F)cccc2[C@H](C)N)cc1. The summed E-state index contributed by atoms with van der Waals surface area (Å²) in [6, 6.07) is 12.0. The molecule has 0 unspecified atom stereocenters. The van der Waals surface area contributed by atoms with Crippen molar-refractivity contribution in [3.8, 4) is 11.5 Å². The summed E-state index contributed by atoms with van der Waals surface area (Å²) in [6.07, 6.45) is 0.835. The molecule has 1 atom stereocenters. The van der Waals surface area contributed by atoms with Gasteiger partial charge in [-0.25, -0.2) is 4.39 Å². The van der Waals surface area contributed by atoms with E-state index in [1.165, 1.54) is 6.07 Å². The molecule has 0 spiro atoms. The van der Waals surface area contributed by atoms with Gasteiger partial charge in [0.25, 0.3) is 0 Å². The Labute approximate surface area is 124 Å². The van der Waals surface area contributed by atoms with Gasteiger partial charge in [0.2, 0.25) is 0 Å². The Morgan fingerprint density at radius 1 is 1.14 bits per heavy atom. The number of ether oxygens (including phenoxy) is 2. The van der Waals surface area contributed by atoms with E-state index in [4.69, 9.17) is 15.2 Å². The van der Waals surface area contributed by atoms with Gasteiger partial charge >= 0.3 is 0 Å². The molecule has 0 saturated heterocycles. The van der Waals surface area contributed by atoms with E-state index in [9.17, 15) is 4.39 Å². The van der Waals surface area contributed by atoms with Crippen molar-refractivity contribution in [1.29, 1.82) is 0 Å². The molecule has 0 aliphatic heterocycles. The second kappa shape index (κ2) is 7.20. The summed E-state index contributed by atoms with van der Waals surface area (Å²) in [7, 11) is 1.67. The van der Waals surface area contributed by atoms with Gasteiger partial charge in [0, 0.05) is 18.7 Å². The van der Waals surface area contributed by atoms with E-state index in [-0.39, 0.29) is 11.8 Å². The minimum atomic E-state index is -0.409. The van der Waals surface area contributed by atoms with Gasteiger partial charge in [-0.1, -0.05) is 24.3 Å². The maximum Gasteiger partial charge on any atom is 0.167 e. The van der Waals surface area contributed by atoms with Gasteiger partial charge in [-0.2, -0.15) is 0 Å². The summed E-state index contributed by atoms with van der Waals surface area (Å²) in [5.41, 5.74) is 7.65. The standard InChI is InChI=1S/C17H20FNO2/c1-12(19)15-4-3-5-16(18)17(15)21-14-8-6-13(7-9-14)10-11-20-2/h3-9,12H,10-11,19H2,1-2H3/t12-/m0/s1. The summed E-state index contributed by atoms with van der Waals surface area (Å²) in [6.45, 7) is 2.47. The Balaban J connectivity index is 2.18. The second-order valence-corrected chi connectivity index (χ2v) is 4.94. The topological polar surface area (TPSA) is 44.5 Å². The van der Waals surface area contributed by atoms with Crippen molar-refractivity contribution in [2.45, 2.75) is 19.4 Å². The lowest BCUT2D eigenvalue weighted by Gasteiger charge is -2.14. The van der Waals surface area contributed by atoms with Gasteiger partial charge in [0.15, 0.2) is 11.6 Å². The predicted molar refractivity (Wildman–Crippen MR) is 81.1 cm³/mol. The van der Waals surface area contributed by atoms with E-state index in [0.717, 1.165) is 12.0 Å². The third-order valence-corrected chi connectivity index (χ3v) is 3.23. The molecule has 0 bridgehead atoms. The second-order valence-electron chi connectivity index (χ2n) is 4.94. The normalized spacial score (nSPS) is 12.2. The zero-order valence-corrected chi connectivity index (χ0v) is 12.3. The summed E-state index contributed by atoms with van der Waals surface area (Å²) >= 11 is 0. The average Bonchev–Trinajstić information content (AvgIpc) is 2.48. The molecule has 0 radical (unpaired) electrons. The zero-order chi connectivity index (χ0) is 15.2. The molecule has 0 aliphatic carbocycles. The molecule has 2 aromatic rings. The fourth-order valence-electron chi connectivity index (χ4n) is 2.05. The number of halogens is 1. The molecule has 0 fully saturated rings. The van der Waals surface area contributed by atoms with Crippen molar-refractivity contribution < 1.29 is 13.9 Å². The minimum Gasteiger partial charge on any atom is -0.454 e. The van der Waals surface area contributed by atoms with Crippen LogP contribution in [0.3, 0.4) is 0 Å². The lowest BCUT2D eigenvalue weighted by molar-refractivity contribution is 0.202. The van der Waals surface area contributed by atoms with Gasteiger partial charge in [-0.3, -0.25) is 0 Å². The van der Waals surface area contributed by atoms with E-state index in [1.54, 1.807) is 26.2 Å². The number of hydrogen-bond donors (Lipinski definition) is 1. The number of rotatable bonds is 6. The number of nitrogens with two attached hydrogens (primary N) is 1. The molecule has 0 amide bonds. The monoisotopic (exact) mass is 289 g/mol. The molecular formula is C17H20FNO2. The van der Waals surface area contributed by atoms with Gasteiger partial charge in [-0.15, -0.1) is 0 Å². The highest BCUT2D eigenvalue weighted by Gasteiger charge is 2.13. The van der Waals surface area contributed by atoms with Crippen molar-refractivity contribution in [3.05, 3.63) is 59.4 Å². The molecule has 2 rings (SSSR count). The highest BCUT2D eigenvalue weighted by molar-refractivity contribution is 5.41. The maximum absolute atomic E-state index is 13.9. The Morgan fingerprint density at radius 3 is 2.48 bits per heavy atom. The van der Waals surface area contributed by atoms with E-state index in [2.05, 4.69) is 0 Å². The number of para-hydroxylation sites is 1. The number of methoxy groups -OCH3 is 1. The highest BCUT2D eigenvalue weighted by Crippen LogP contribution is 2.31. The first-order valence-electron chi connectivity index (χ1n) is 6.91. The van der Waals surface area contributed by atoms with Crippen LogP contribution in [0.4, 0.5) is 4.39 Å². The molecule has 2 N–H and O–H groups in total. The molecule has 0 aromatic heterocycles. The fraction of sp³-hybridized carbons (Fsp3) is 0.294. The quantitative estimate of drug-likeness (QED) is 0.879. The van der Waals surface area contributed by atoms with Crippen molar-refractivity contribution in [2.75, 3.05) is 13.7 Å². The lowest BCUT2D eigenvalue weighted by Crippen LogP contribution is -2.07. The van der Waals surface area contributed by atoms with E-state index >= 15 is 0 Å². The fourth-order valence-corrected chi connectivity index (χ4v) is 2.05. The van der Waals surface area contributed by atoms with E-state index < -0.39 is 5.82 Å². The molecule has 0 saturated carbocycles. The lowest BCUT2D eigenvalue weighted by atomic mass is 10.1. The Morgan fingerprint density at radius 2 is 1.86 bits per heavy atom. The molecule has 0 heterocycles. The van der Waals surface area contributed by atoms with E-state index in [0.29, 0.717) is 17.9 Å². The average molecular weight is 289 g/mol. The molecular weight excluding hydrogens is 269 g/mol. The van der Waals surface area contributed by atoms with Crippen LogP contribution in [0.5, 0.6) is 11.5 Å². The van der Waals surface area contributed by atoms with Gasteiger partial charge in [-0.05, 0) is 37.1 Å². The Bertz CT molecular complexity index is 582. The first kappa shape index (κ1) is 15.5. The number of hydrogen-bond acceptors (Lipinski definition) is 3. The third kappa shape index (κ3) is 4.03. The smallest absolute Gasteiger partial charge is 0.167 e.